The van der Waals surface area contributed by atoms with Crippen molar-refractivity contribution in [3.8, 4) is 0 Å². The van der Waals surface area contributed by atoms with Gasteiger partial charge in [-0.15, -0.1) is 0 Å². The quantitative estimate of drug-likeness (QED) is 0.333. The van der Waals surface area contributed by atoms with Crippen LogP contribution < -0.4 is 18.9 Å². The van der Waals surface area contributed by atoms with Crippen molar-refractivity contribution in [2.75, 3.05) is 0 Å². The van der Waals surface area contributed by atoms with E-state index in [2.05, 4.69) is 0 Å². The van der Waals surface area contributed by atoms with Gasteiger partial charge in [-0.3, -0.25) is 4.57 Å². The third-order valence-corrected chi connectivity index (χ3v) is 0. The third-order valence-electron chi connectivity index (χ3n) is 0. The molecule has 0 aliphatic rings. The summed E-state index contributed by atoms with van der Waals surface area (Å²) >= 11 is 0. The van der Waals surface area contributed by atoms with Gasteiger partial charge in [0.1, 0.15) is 9.12 Å². The Labute approximate surface area is 83.7 Å². The van der Waals surface area contributed by atoms with Crippen LogP contribution in [-0.2, 0) is 54.9 Å². The van der Waals surface area contributed by atoms with E-state index >= 15 is 0 Å². The zero-order chi connectivity index (χ0) is 2.00. The second-order valence-electron chi connectivity index (χ2n) is 0. The molecule has 0 aliphatic carbocycles. The van der Waals surface area contributed by atoms with E-state index in [0.717, 1.165) is 0 Å². The van der Waals surface area contributed by atoms with Gasteiger partial charge in [0.2, 0.25) is 0 Å². The van der Waals surface area contributed by atoms with Gasteiger partial charge in [-0.05, 0) is 0 Å². The van der Waals surface area contributed by atoms with E-state index in [0.29, 0.717) is 0 Å². The molecule has 0 aromatic rings. The van der Waals surface area contributed by atoms with E-state index in [9.17, 15) is 0 Å². The Bertz CT molecular complexity index is 19.7. The topological polar surface area (TPSA) is 17.1 Å². The van der Waals surface area contributed by atoms with Crippen LogP contribution in [-0.4, -0.2) is 0 Å². The van der Waals surface area contributed by atoms with Crippen LogP contribution in [0.3, 0.4) is 0 Å². The van der Waals surface area contributed by atoms with Gasteiger partial charge in [-0.1, -0.05) is 0 Å². The van der Waals surface area contributed by atoms with Crippen molar-refractivity contribution in [2.45, 2.75) is 0 Å². The molecule has 0 amide bonds. The smallest absolute Gasteiger partial charge is 1.00 e. The molecule has 0 bridgehead atoms. The molecule has 6 heavy (non-hydrogen) atoms. The molecular weight excluding hydrogens is 226 g/mol. The van der Waals surface area contributed by atoms with Gasteiger partial charge in [0.15, 0.2) is 0 Å². The molecule has 0 heterocycles. The number of hydrogen-bond donors (Lipinski definition) is 0. The summed E-state index contributed by atoms with van der Waals surface area (Å²) in [6, 6.07) is 0. The van der Waals surface area contributed by atoms with E-state index in [1.165, 1.54) is 0 Å². The minimum atomic E-state index is 0. The van der Waals surface area contributed by atoms with E-state index in [1.807, 2.05) is 0 Å². The van der Waals surface area contributed by atoms with Crippen molar-refractivity contribution in [1.82, 2.24) is 0 Å². The molecule has 1 nitrogen and oxygen atoms in total. The molecule has 0 rings (SSSR count). The SMILES string of the molecule is O=P.[Co].[H-].[Li+].[Mn].[Ni]. The van der Waals surface area contributed by atoms with Crippen LogP contribution in [0, 0.1) is 0 Å². The summed E-state index contributed by atoms with van der Waals surface area (Å²) in [4.78, 5) is 0. The fourth-order valence-electron chi connectivity index (χ4n) is 0. The van der Waals surface area contributed by atoms with Crippen molar-refractivity contribution in [3.63, 3.8) is 0 Å². The predicted octanol–water partition coefficient (Wildman–Crippen LogP) is -2.42. The maximum atomic E-state index is 8.06. The first-order chi connectivity index (χ1) is 1.00. The molecule has 0 aliphatic heterocycles. The molecular formula is H2CoLiMnNiOP. The van der Waals surface area contributed by atoms with E-state index in [4.69, 9.17) is 4.57 Å². The van der Waals surface area contributed by atoms with Crippen LogP contribution in [0.4, 0.5) is 0 Å². The Kier molecular flexibility index (Phi) is 391. The fourth-order valence-corrected chi connectivity index (χ4v) is 0. The molecule has 0 saturated carbocycles. The number of rotatable bonds is 0. The summed E-state index contributed by atoms with van der Waals surface area (Å²) in [5.41, 5.74) is 0. The Hall–Kier alpha value is 2.22. The molecule has 40 valence electrons. The average Bonchev–Trinajstić information content (AvgIpc) is 1.00. The Morgan fingerprint density at radius 1 is 1.33 bits per heavy atom. The van der Waals surface area contributed by atoms with Crippen LogP contribution in [0.25, 0.3) is 0 Å². The second kappa shape index (κ2) is 56.8. The zero-order valence-corrected chi connectivity index (χ0v) is 7.14. The molecule has 0 N–H and O–H groups in total. The van der Waals surface area contributed by atoms with Crippen molar-refractivity contribution < 1.29 is 75.2 Å². The van der Waals surface area contributed by atoms with E-state index in [1.54, 1.807) is 9.12 Å². The zero-order valence-electron chi connectivity index (χ0n) is 3.94. The molecule has 0 atom stereocenters. The molecule has 0 aromatic heterocycles. The van der Waals surface area contributed by atoms with Gasteiger partial charge in [-0.25, -0.2) is 0 Å². The van der Waals surface area contributed by atoms with Crippen LogP contribution in [0.5, 0.6) is 0 Å². The van der Waals surface area contributed by atoms with E-state index < -0.39 is 0 Å². The molecule has 2 radical (unpaired) electrons. The van der Waals surface area contributed by atoms with Crippen LogP contribution in [0.15, 0.2) is 0 Å². The van der Waals surface area contributed by atoms with Crippen molar-refractivity contribution in [1.29, 1.82) is 0 Å². The fraction of sp³-hybridized carbons (Fsp3) is 0. The normalized spacial score (nSPS) is 0.667. The average molecular weight is 228 g/mol. The third kappa shape index (κ3) is 34.4. The molecule has 0 aromatic carbocycles. The van der Waals surface area contributed by atoms with Crippen LogP contribution >= 0.6 is 9.12 Å². The van der Waals surface area contributed by atoms with Gasteiger partial charge in [0, 0.05) is 50.3 Å². The van der Waals surface area contributed by atoms with Crippen LogP contribution in [0.2, 0.25) is 0 Å². The van der Waals surface area contributed by atoms with Gasteiger partial charge in [0.25, 0.3) is 0 Å². The van der Waals surface area contributed by atoms with Crippen molar-refractivity contribution in [2.24, 2.45) is 0 Å². The minimum Gasteiger partial charge on any atom is -1.00 e. The Balaban J connectivity index is -0.000000000500. The maximum Gasteiger partial charge on any atom is 1.00 e. The summed E-state index contributed by atoms with van der Waals surface area (Å²) in [6.45, 7) is 0. The first-order valence-electron chi connectivity index (χ1n) is 0.204. The standard InChI is InChI=1S/Co.Li.Mn.Ni.HOP.H/c;;;;1-2;/h;;;;2H;/q;+1;;;;-1. The van der Waals surface area contributed by atoms with Crippen molar-refractivity contribution in [3.05, 3.63) is 0 Å². The van der Waals surface area contributed by atoms with Gasteiger partial charge < -0.3 is 1.43 Å². The largest absolute Gasteiger partial charge is 1.00 e. The Morgan fingerprint density at radius 3 is 1.33 bits per heavy atom. The second-order valence-corrected chi connectivity index (χ2v) is 0. The maximum absolute atomic E-state index is 8.06. The summed E-state index contributed by atoms with van der Waals surface area (Å²) in [7, 11) is 1.72. The summed E-state index contributed by atoms with van der Waals surface area (Å²) in [5, 5.41) is 0. The Morgan fingerprint density at radius 2 is 1.33 bits per heavy atom. The minimum absolute atomic E-state index is 0. The van der Waals surface area contributed by atoms with Gasteiger partial charge in [0.05, 0.1) is 0 Å². The molecule has 6 heteroatoms. The molecule has 0 fully saturated rings. The summed E-state index contributed by atoms with van der Waals surface area (Å²) in [5.74, 6) is 0. The first kappa shape index (κ1) is 41.4. The summed E-state index contributed by atoms with van der Waals surface area (Å²) < 4.78 is 8.06. The summed E-state index contributed by atoms with van der Waals surface area (Å²) in [6.07, 6.45) is 0. The first-order valence-corrected chi connectivity index (χ1v) is 0.612. The predicted molar refractivity (Wildman–Crippen MR) is 10.1 cm³/mol. The van der Waals surface area contributed by atoms with Gasteiger partial charge >= 0.3 is 18.9 Å². The van der Waals surface area contributed by atoms with Crippen molar-refractivity contribution >= 4 is 9.12 Å². The molecule has 0 unspecified atom stereocenters. The van der Waals surface area contributed by atoms with Crippen LogP contribution in [0.1, 0.15) is 1.43 Å². The molecule has 0 saturated heterocycles. The number of hydrogen-bond acceptors (Lipinski definition) is 1. The monoisotopic (exact) mass is 228 g/mol. The van der Waals surface area contributed by atoms with E-state index in [-0.39, 0.29) is 70.6 Å². The van der Waals surface area contributed by atoms with Gasteiger partial charge in [-0.2, -0.15) is 0 Å². The molecule has 0 spiro atoms.